The zero-order chi connectivity index (χ0) is 13.0. The van der Waals surface area contributed by atoms with Gasteiger partial charge in [-0.25, -0.2) is 4.79 Å². The van der Waals surface area contributed by atoms with Gasteiger partial charge in [0.2, 0.25) is 0 Å². The molecule has 1 aromatic rings. The maximum Gasteiger partial charge on any atom is 0.336 e. The number of carbonyl (C=O) groups is 1. The summed E-state index contributed by atoms with van der Waals surface area (Å²) in [5, 5.41) is 9.10. The van der Waals surface area contributed by atoms with E-state index in [0.29, 0.717) is 5.57 Å². The van der Waals surface area contributed by atoms with Crippen LogP contribution in [0.1, 0.15) is 5.56 Å². The van der Waals surface area contributed by atoms with E-state index in [-0.39, 0.29) is 20.7 Å². The van der Waals surface area contributed by atoms with Crippen LogP contribution in [-0.4, -0.2) is 15.1 Å². The van der Waals surface area contributed by atoms with Crippen LogP contribution in [0.15, 0.2) is 56.1 Å². The van der Waals surface area contributed by atoms with Crippen LogP contribution in [0.4, 0.5) is 0 Å². The Labute approximate surface area is 124 Å². The Bertz CT molecular complexity index is 580. The summed E-state index contributed by atoms with van der Waals surface area (Å²) >= 11 is 3.04. The first kappa shape index (κ1) is 13.4. The molecule has 0 amide bonds. The van der Waals surface area contributed by atoms with Crippen molar-refractivity contribution < 1.29 is 9.90 Å². The minimum absolute atomic E-state index is 0.339. The summed E-state index contributed by atoms with van der Waals surface area (Å²) in [7, 11) is 0. The Kier molecular flexibility index (Phi) is 4.66. The first-order valence-corrected chi connectivity index (χ1v) is 8.33. The van der Waals surface area contributed by atoms with E-state index in [2.05, 4.69) is 19.9 Å². The maximum absolute atomic E-state index is 11.1. The van der Waals surface area contributed by atoms with E-state index >= 15 is 0 Å². The quantitative estimate of drug-likeness (QED) is 0.751. The van der Waals surface area contributed by atoms with Crippen LogP contribution < -0.4 is 0 Å². The van der Waals surface area contributed by atoms with Gasteiger partial charge in [-0.3, -0.25) is 0 Å². The van der Waals surface area contributed by atoms with Crippen LogP contribution in [-0.2, 0) is 4.79 Å². The molecule has 0 spiro atoms. The van der Waals surface area contributed by atoms with Crippen LogP contribution in [0.25, 0.3) is 6.08 Å². The van der Waals surface area contributed by atoms with Gasteiger partial charge < -0.3 is 5.11 Å². The molecule has 0 saturated heterocycles. The molecule has 1 heterocycles. The Morgan fingerprint density at radius 3 is 2.61 bits per heavy atom. The van der Waals surface area contributed by atoms with E-state index in [0.717, 1.165) is 13.6 Å². The third-order valence-corrected chi connectivity index (χ3v) is 5.21. The summed E-state index contributed by atoms with van der Waals surface area (Å²) in [6.45, 7) is 0. The third-order valence-electron chi connectivity index (χ3n) is 2.30. The van der Waals surface area contributed by atoms with Crippen molar-refractivity contribution >= 4 is 52.7 Å². The van der Waals surface area contributed by atoms with E-state index < -0.39 is 5.97 Å². The zero-order valence-electron chi connectivity index (χ0n) is 9.31. The highest BCUT2D eigenvalue weighted by Crippen LogP contribution is 2.25. The Morgan fingerprint density at radius 2 is 1.94 bits per heavy atom. The summed E-state index contributed by atoms with van der Waals surface area (Å²) in [4.78, 5) is 11.1. The van der Waals surface area contributed by atoms with Gasteiger partial charge in [-0.1, -0.05) is 60.9 Å². The van der Waals surface area contributed by atoms with Crippen molar-refractivity contribution in [1.29, 1.82) is 0 Å². The van der Waals surface area contributed by atoms with E-state index in [1.54, 1.807) is 6.08 Å². The van der Waals surface area contributed by atoms with Gasteiger partial charge in [0.05, 0.1) is 5.57 Å². The van der Waals surface area contributed by atoms with Crippen molar-refractivity contribution in [3.8, 4) is 0 Å². The standard InChI is InChI=1S/C14H10BrIO2/c15-11-6-3-10(4-7-11)5-8-13-12(14(17)18)2-1-9-16-13/h1-9H,(H,17,18)/b8-5+. The van der Waals surface area contributed by atoms with E-state index in [1.807, 2.05) is 42.5 Å². The molecule has 0 saturated carbocycles. The van der Waals surface area contributed by atoms with Gasteiger partial charge in [0.25, 0.3) is 0 Å². The number of rotatable bonds is 3. The number of aliphatic carboxylic acids is 1. The van der Waals surface area contributed by atoms with Crippen molar-refractivity contribution in [2.75, 3.05) is 0 Å². The van der Waals surface area contributed by atoms with Crippen molar-refractivity contribution in [2.24, 2.45) is 0 Å². The van der Waals surface area contributed by atoms with Crippen LogP contribution >= 0.6 is 36.7 Å². The maximum atomic E-state index is 11.1. The summed E-state index contributed by atoms with van der Waals surface area (Å²) in [6.07, 6.45) is 7.36. The van der Waals surface area contributed by atoms with Crippen molar-refractivity contribution in [3.63, 3.8) is 0 Å². The van der Waals surface area contributed by atoms with E-state index in [4.69, 9.17) is 5.11 Å². The first-order chi connectivity index (χ1) is 8.66. The Morgan fingerprint density at radius 1 is 1.22 bits per heavy atom. The lowest BCUT2D eigenvalue weighted by Gasteiger charge is -2.03. The molecule has 1 aliphatic rings. The smallest absolute Gasteiger partial charge is 0.336 e. The molecule has 92 valence electrons. The Hall–Kier alpha value is -1.01. The minimum Gasteiger partial charge on any atom is -0.478 e. The predicted octanol–water partition coefficient (Wildman–Crippen LogP) is 4.14. The summed E-state index contributed by atoms with van der Waals surface area (Å²) in [5.41, 5.74) is 1.48. The fourth-order valence-corrected chi connectivity index (χ4v) is 3.62. The lowest BCUT2D eigenvalue weighted by atomic mass is 10.2. The second-order valence-corrected chi connectivity index (χ2v) is 6.97. The van der Waals surface area contributed by atoms with E-state index in [9.17, 15) is 4.79 Å². The van der Waals surface area contributed by atoms with Gasteiger partial charge in [0.1, 0.15) is 0 Å². The van der Waals surface area contributed by atoms with Crippen molar-refractivity contribution in [1.82, 2.24) is 0 Å². The molecule has 1 aliphatic heterocycles. The van der Waals surface area contributed by atoms with Crippen LogP contribution in [0.2, 0.25) is 0 Å². The zero-order valence-corrected chi connectivity index (χ0v) is 13.1. The number of hydrogen-bond donors (Lipinski definition) is 1. The van der Waals surface area contributed by atoms with Gasteiger partial charge in [-0.15, -0.1) is 0 Å². The number of hydrogen-bond acceptors (Lipinski definition) is 1. The topological polar surface area (TPSA) is 37.3 Å². The van der Waals surface area contributed by atoms with Gasteiger partial charge in [-0.2, -0.15) is 0 Å². The van der Waals surface area contributed by atoms with Crippen LogP contribution in [0.5, 0.6) is 0 Å². The normalized spacial score (nSPS) is 14.9. The molecule has 0 radical (unpaired) electrons. The summed E-state index contributed by atoms with van der Waals surface area (Å²) < 4.78 is 4.03. The number of benzene rings is 1. The van der Waals surface area contributed by atoms with Gasteiger partial charge in [0.15, 0.2) is 0 Å². The fraction of sp³-hybridized carbons (Fsp3) is 0. The number of allylic oxidation sites excluding steroid dienone is 3. The van der Waals surface area contributed by atoms with Gasteiger partial charge in [0, 0.05) is 8.05 Å². The van der Waals surface area contributed by atoms with Gasteiger partial charge >= 0.3 is 5.97 Å². The summed E-state index contributed by atoms with van der Waals surface area (Å²) in [5.74, 6) is -0.852. The minimum atomic E-state index is -0.852. The number of halogens is 2. The second-order valence-electron chi connectivity index (χ2n) is 3.55. The molecule has 1 N–H and O–H groups in total. The lowest BCUT2D eigenvalue weighted by molar-refractivity contribution is -0.132. The summed E-state index contributed by atoms with van der Waals surface area (Å²) in [6, 6.07) is 7.91. The third kappa shape index (κ3) is 3.49. The molecular formula is C14H10BrIO2. The molecule has 0 bridgehead atoms. The molecule has 2 rings (SSSR count). The van der Waals surface area contributed by atoms with Gasteiger partial charge in [-0.05, 0) is 33.9 Å². The molecule has 0 fully saturated rings. The number of carboxylic acids is 1. The van der Waals surface area contributed by atoms with Crippen LogP contribution in [0, 0.1) is 0 Å². The molecule has 0 aliphatic carbocycles. The molecule has 0 aromatic heterocycles. The fourth-order valence-electron chi connectivity index (χ4n) is 1.42. The van der Waals surface area contributed by atoms with Crippen molar-refractivity contribution in [3.05, 3.63) is 61.7 Å². The highest BCUT2D eigenvalue weighted by Gasteiger charge is 2.09. The predicted molar refractivity (Wildman–Crippen MR) is 87.1 cm³/mol. The number of carboxylic acid groups (broad SMARTS) is 1. The lowest BCUT2D eigenvalue weighted by Crippen LogP contribution is -2.00. The Balaban J connectivity index is 2.27. The second kappa shape index (κ2) is 6.24. The van der Waals surface area contributed by atoms with Crippen molar-refractivity contribution in [2.45, 2.75) is 0 Å². The molecule has 4 heteroatoms. The highest BCUT2D eigenvalue weighted by atomic mass is 127. The average molecular weight is 417 g/mol. The molecule has 18 heavy (non-hydrogen) atoms. The first-order valence-electron chi connectivity index (χ1n) is 5.21. The molecular weight excluding hydrogens is 407 g/mol. The monoisotopic (exact) mass is 416 g/mol. The molecule has 1 aromatic carbocycles. The highest BCUT2D eigenvalue weighted by molar-refractivity contribution is 14.2. The SMILES string of the molecule is O=C(O)C1=C(/C=C/c2ccc(Br)cc2)I=CC=C1. The molecule has 0 unspecified atom stereocenters. The molecule has 0 atom stereocenters. The van der Waals surface area contributed by atoms with Crippen LogP contribution in [0.3, 0.4) is 0 Å². The van der Waals surface area contributed by atoms with E-state index in [1.165, 1.54) is 0 Å². The molecule has 2 nitrogen and oxygen atoms in total. The largest absolute Gasteiger partial charge is 0.478 e. The average Bonchev–Trinajstić information content (AvgIpc) is 2.38.